The van der Waals surface area contributed by atoms with Crippen molar-refractivity contribution < 1.29 is 9.53 Å². The van der Waals surface area contributed by atoms with Crippen molar-refractivity contribution >= 4 is 6.29 Å². The Morgan fingerprint density at radius 3 is 2.88 bits per heavy atom. The molecule has 0 aliphatic heterocycles. The largest absolute Gasteiger partial charge is 0.439 e. The van der Waals surface area contributed by atoms with Crippen molar-refractivity contribution in [2.75, 3.05) is 0 Å². The Balaban J connectivity index is 2.15. The monoisotopic (exact) mass is 213 g/mol. The maximum atomic E-state index is 10.4. The lowest BCUT2D eigenvalue weighted by Crippen LogP contribution is -1.89. The first-order chi connectivity index (χ1) is 7.88. The fraction of sp³-hybridized carbons (Fsp3) is 0.0769. The molecule has 3 heteroatoms. The molecule has 0 saturated carbocycles. The molecule has 0 atom stereocenters. The van der Waals surface area contributed by atoms with Crippen LogP contribution in [0.3, 0.4) is 0 Å². The zero-order valence-corrected chi connectivity index (χ0v) is 8.67. The summed E-state index contributed by atoms with van der Waals surface area (Å²) in [5.41, 5.74) is 0.934. The SMILES string of the molecule is O=CCc1cccc(Oc2ccccn2)c1. The first-order valence-corrected chi connectivity index (χ1v) is 5.00. The Hall–Kier alpha value is -2.16. The molecule has 1 aromatic carbocycles. The summed E-state index contributed by atoms with van der Waals surface area (Å²) in [5, 5.41) is 0. The lowest BCUT2D eigenvalue weighted by atomic mass is 10.1. The highest BCUT2D eigenvalue weighted by Crippen LogP contribution is 2.19. The van der Waals surface area contributed by atoms with Crippen LogP contribution in [0.1, 0.15) is 5.56 Å². The molecule has 0 unspecified atom stereocenters. The third-order valence-corrected chi connectivity index (χ3v) is 2.08. The molecule has 2 rings (SSSR count). The Bertz CT molecular complexity index is 468. The van der Waals surface area contributed by atoms with E-state index in [1.807, 2.05) is 36.4 Å². The molecule has 0 aliphatic carbocycles. The Morgan fingerprint density at radius 2 is 2.12 bits per heavy atom. The van der Waals surface area contributed by atoms with E-state index in [0.717, 1.165) is 11.8 Å². The van der Waals surface area contributed by atoms with Crippen LogP contribution in [0.25, 0.3) is 0 Å². The lowest BCUT2D eigenvalue weighted by molar-refractivity contribution is -0.107. The summed E-state index contributed by atoms with van der Waals surface area (Å²) in [7, 11) is 0. The highest BCUT2D eigenvalue weighted by Gasteiger charge is 1.98. The minimum atomic E-state index is 0.402. The highest BCUT2D eigenvalue weighted by molar-refractivity contribution is 5.55. The van der Waals surface area contributed by atoms with Crippen LogP contribution in [-0.4, -0.2) is 11.3 Å². The number of hydrogen-bond acceptors (Lipinski definition) is 3. The predicted molar refractivity (Wildman–Crippen MR) is 60.5 cm³/mol. The molecular formula is C13H11NO2. The van der Waals surface area contributed by atoms with Crippen LogP contribution in [0, 0.1) is 0 Å². The number of ether oxygens (including phenoxy) is 1. The van der Waals surface area contributed by atoms with Crippen molar-refractivity contribution in [2.24, 2.45) is 0 Å². The summed E-state index contributed by atoms with van der Waals surface area (Å²) in [5.74, 6) is 1.24. The lowest BCUT2D eigenvalue weighted by Gasteiger charge is -2.05. The fourth-order valence-electron chi connectivity index (χ4n) is 1.36. The summed E-state index contributed by atoms with van der Waals surface area (Å²) in [6.07, 6.45) is 2.95. The molecule has 80 valence electrons. The highest BCUT2D eigenvalue weighted by atomic mass is 16.5. The third-order valence-electron chi connectivity index (χ3n) is 2.08. The van der Waals surface area contributed by atoms with E-state index >= 15 is 0 Å². The van der Waals surface area contributed by atoms with Crippen molar-refractivity contribution in [3.8, 4) is 11.6 Å². The van der Waals surface area contributed by atoms with Crippen LogP contribution in [0.4, 0.5) is 0 Å². The molecule has 0 spiro atoms. The minimum Gasteiger partial charge on any atom is -0.439 e. The van der Waals surface area contributed by atoms with Gasteiger partial charge in [-0.05, 0) is 23.8 Å². The Morgan fingerprint density at radius 1 is 1.19 bits per heavy atom. The number of aldehydes is 1. The van der Waals surface area contributed by atoms with Crippen molar-refractivity contribution in [3.05, 3.63) is 54.2 Å². The number of rotatable bonds is 4. The number of aromatic nitrogens is 1. The average molecular weight is 213 g/mol. The summed E-state index contributed by atoms with van der Waals surface area (Å²) in [6.45, 7) is 0. The minimum absolute atomic E-state index is 0.402. The number of pyridine rings is 1. The van der Waals surface area contributed by atoms with E-state index in [1.54, 1.807) is 12.3 Å². The van der Waals surface area contributed by atoms with Gasteiger partial charge < -0.3 is 9.53 Å². The molecule has 1 aromatic heterocycles. The Labute approximate surface area is 93.7 Å². The van der Waals surface area contributed by atoms with Crippen molar-refractivity contribution in [2.45, 2.75) is 6.42 Å². The maximum absolute atomic E-state index is 10.4. The van der Waals surface area contributed by atoms with Crippen LogP contribution >= 0.6 is 0 Å². The van der Waals surface area contributed by atoms with Gasteiger partial charge >= 0.3 is 0 Å². The van der Waals surface area contributed by atoms with Gasteiger partial charge in [-0.1, -0.05) is 18.2 Å². The summed E-state index contributed by atoms with van der Waals surface area (Å²) < 4.78 is 5.54. The molecule has 0 saturated heterocycles. The number of hydrogen-bond donors (Lipinski definition) is 0. The number of benzene rings is 1. The molecule has 0 radical (unpaired) electrons. The van der Waals surface area contributed by atoms with Crippen molar-refractivity contribution in [1.82, 2.24) is 4.98 Å². The third kappa shape index (κ3) is 2.67. The topological polar surface area (TPSA) is 39.2 Å². The maximum Gasteiger partial charge on any atom is 0.219 e. The first-order valence-electron chi connectivity index (χ1n) is 5.00. The molecule has 16 heavy (non-hydrogen) atoms. The summed E-state index contributed by atoms with van der Waals surface area (Å²) in [6, 6.07) is 12.9. The zero-order valence-electron chi connectivity index (χ0n) is 8.67. The molecule has 0 fully saturated rings. The number of carbonyl (C=O) groups is 1. The molecule has 0 aliphatic rings. The second-order valence-corrected chi connectivity index (χ2v) is 3.29. The standard InChI is InChI=1S/C13H11NO2/c15-9-7-11-4-3-5-12(10-11)16-13-6-1-2-8-14-13/h1-6,8-10H,7H2. The van der Waals surface area contributed by atoms with Gasteiger partial charge in [0.1, 0.15) is 12.0 Å². The van der Waals surface area contributed by atoms with E-state index in [1.165, 1.54) is 0 Å². The van der Waals surface area contributed by atoms with Gasteiger partial charge in [-0.2, -0.15) is 0 Å². The predicted octanol–water partition coefficient (Wildman–Crippen LogP) is 2.62. The smallest absolute Gasteiger partial charge is 0.219 e. The van der Waals surface area contributed by atoms with Crippen LogP contribution in [-0.2, 0) is 11.2 Å². The molecule has 3 nitrogen and oxygen atoms in total. The number of nitrogens with zero attached hydrogens (tertiary/aromatic N) is 1. The molecule has 0 bridgehead atoms. The van der Waals surface area contributed by atoms with E-state index in [4.69, 9.17) is 4.74 Å². The van der Waals surface area contributed by atoms with Gasteiger partial charge in [0.05, 0.1) is 0 Å². The van der Waals surface area contributed by atoms with E-state index in [9.17, 15) is 4.79 Å². The average Bonchev–Trinajstić information content (AvgIpc) is 2.31. The quantitative estimate of drug-likeness (QED) is 0.733. The van der Waals surface area contributed by atoms with Crippen LogP contribution in [0.15, 0.2) is 48.7 Å². The zero-order chi connectivity index (χ0) is 11.2. The van der Waals surface area contributed by atoms with Crippen molar-refractivity contribution in [1.29, 1.82) is 0 Å². The van der Waals surface area contributed by atoms with Gasteiger partial charge in [-0.15, -0.1) is 0 Å². The molecule has 0 N–H and O–H groups in total. The normalized spacial score (nSPS) is 9.75. The van der Waals surface area contributed by atoms with Crippen LogP contribution < -0.4 is 4.74 Å². The second-order valence-electron chi connectivity index (χ2n) is 3.29. The molecule has 0 amide bonds. The van der Waals surface area contributed by atoms with E-state index < -0.39 is 0 Å². The fourth-order valence-corrected chi connectivity index (χ4v) is 1.36. The second kappa shape index (κ2) is 5.07. The molecule has 1 heterocycles. The first kappa shape index (κ1) is 10.4. The molecular weight excluding hydrogens is 202 g/mol. The summed E-state index contributed by atoms with van der Waals surface area (Å²) >= 11 is 0. The molecule has 2 aromatic rings. The van der Waals surface area contributed by atoms with E-state index in [2.05, 4.69) is 4.98 Å². The van der Waals surface area contributed by atoms with Crippen LogP contribution in [0.5, 0.6) is 11.6 Å². The van der Waals surface area contributed by atoms with Gasteiger partial charge in [0.25, 0.3) is 0 Å². The van der Waals surface area contributed by atoms with Gasteiger partial charge in [0.2, 0.25) is 5.88 Å². The van der Waals surface area contributed by atoms with Gasteiger partial charge in [0, 0.05) is 18.7 Å². The van der Waals surface area contributed by atoms with Gasteiger partial charge in [-0.3, -0.25) is 0 Å². The number of carbonyl (C=O) groups excluding carboxylic acids is 1. The Kier molecular flexibility index (Phi) is 3.28. The van der Waals surface area contributed by atoms with Crippen LogP contribution in [0.2, 0.25) is 0 Å². The van der Waals surface area contributed by atoms with Crippen molar-refractivity contribution in [3.63, 3.8) is 0 Å². The van der Waals surface area contributed by atoms with Gasteiger partial charge in [-0.25, -0.2) is 4.98 Å². The van der Waals surface area contributed by atoms with E-state index in [0.29, 0.717) is 18.1 Å². The van der Waals surface area contributed by atoms with Gasteiger partial charge in [0.15, 0.2) is 0 Å². The summed E-state index contributed by atoms with van der Waals surface area (Å²) in [4.78, 5) is 14.4. The van der Waals surface area contributed by atoms with E-state index in [-0.39, 0.29) is 0 Å².